The number of nitrogens with one attached hydrogen (secondary N) is 2. The highest BCUT2D eigenvalue weighted by Crippen LogP contribution is 2.16. The Bertz CT molecular complexity index is 1020. The van der Waals surface area contributed by atoms with Crippen LogP contribution in [0.1, 0.15) is 6.42 Å². The van der Waals surface area contributed by atoms with E-state index >= 15 is 0 Å². The summed E-state index contributed by atoms with van der Waals surface area (Å²) in [6.07, 6.45) is 3.86. The van der Waals surface area contributed by atoms with Crippen LogP contribution in [-0.2, 0) is 14.8 Å². The lowest BCUT2D eigenvalue weighted by Gasteiger charge is -2.09. The Balaban J connectivity index is 1.54. The average Bonchev–Trinajstić information content (AvgIpc) is 3.17. The topological polar surface area (TPSA) is 80.2 Å². The standard InChI is InChI=1S/C19H18BrN3O3S/c20-15-6-8-18(9-7-15)27(25,26)21-11-10-19(24)22-16-4-3-5-17(14-16)23-12-1-2-13-23/h1-9,12-14,21H,10-11H2,(H,22,24). The Morgan fingerprint density at radius 3 is 2.41 bits per heavy atom. The lowest BCUT2D eigenvalue weighted by atomic mass is 10.2. The van der Waals surface area contributed by atoms with Gasteiger partial charge in [0.1, 0.15) is 0 Å². The lowest BCUT2D eigenvalue weighted by molar-refractivity contribution is -0.116. The largest absolute Gasteiger partial charge is 0.326 e. The molecule has 3 rings (SSSR count). The monoisotopic (exact) mass is 447 g/mol. The van der Waals surface area contributed by atoms with Crippen molar-refractivity contribution in [2.24, 2.45) is 0 Å². The molecule has 8 heteroatoms. The highest BCUT2D eigenvalue weighted by atomic mass is 79.9. The van der Waals surface area contributed by atoms with Crippen molar-refractivity contribution in [2.75, 3.05) is 11.9 Å². The fraction of sp³-hybridized carbons (Fsp3) is 0.105. The second-order valence-electron chi connectivity index (χ2n) is 5.79. The van der Waals surface area contributed by atoms with E-state index in [1.165, 1.54) is 12.1 Å². The molecule has 0 aliphatic rings. The van der Waals surface area contributed by atoms with Gasteiger partial charge < -0.3 is 9.88 Å². The van der Waals surface area contributed by atoms with Crippen molar-refractivity contribution in [1.29, 1.82) is 0 Å². The summed E-state index contributed by atoms with van der Waals surface area (Å²) in [7, 11) is -3.64. The molecule has 0 fully saturated rings. The molecule has 0 bridgehead atoms. The molecule has 0 saturated heterocycles. The molecule has 6 nitrogen and oxygen atoms in total. The van der Waals surface area contributed by atoms with Gasteiger partial charge in [-0.25, -0.2) is 13.1 Å². The number of carbonyl (C=O) groups excluding carboxylic acids is 1. The number of hydrogen-bond acceptors (Lipinski definition) is 3. The van der Waals surface area contributed by atoms with Crippen molar-refractivity contribution in [3.63, 3.8) is 0 Å². The molecule has 1 aromatic heterocycles. The first kappa shape index (κ1) is 19.3. The zero-order valence-electron chi connectivity index (χ0n) is 14.3. The van der Waals surface area contributed by atoms with Gasteiger partial charge in [0.05, 0.1) is 4.90 Å². The van der Waals surface area contributed by atoms with E-state index in [4.69, 9.17) is 0 Å². The molecule has 0 unspecified atom stereocenters. The number of benzene rings is 2. The molecule has 0 saturated carbocycles. The van der Waals surface area contributed by atoms with E-state index in [2.05, 4.69) is 26.0 Å². The maximum atomic E-state index is 12.2. The van der Waals surface area contributed by atoms with E-state index in [1.807, 2.05) is 47.3 Å². The van der Waals surface area contributed by atoms with Crippen LogP contribution in [0.2, 0.25) is 0 Å². The van der Waals surface area contributed by atoms with Gasteiger partial charge in [-0.05, 0) is 54.6 Å². The van der Waals surface area contributed by atoms with Crippen LogP contribution in [-0.4, -0.2) is 25.4 Å². The van der Waals surface area contributed by atoms with Crippen LogP contribution in [0.4, 0.5) is 5.69 Å². The number of aromatic nitrogens is 1. The Labute approximate surface area is 166 Å². The van der Waals surface area contributed by atoms with E-state index in [0.717, 1.165) is 10.2 Å². The maximum absolute atomic E-state index is 12.2. The summed E-state index contributed by atoms with van der Waals surface area (Å²) in [4.78, 5) is 12.3. The minimum atomic E-state index is -3.64. The van der Waals surface area contributed by atoms with E-state index in [-0.39, 0.29) is 23.8 Å². The summed E-state index contributed by atoms with van der Waals surface area (Å²) in [6, 6.07) is 17.6. The molecule has 0 aliphatic heterocycles. The van der Waals surface area contributed by atoms with Gasteiger partial charge in [0.2, 0.25) is 15.9 Å². The van der Waals surface area contributed by atoms with Gasteiger partial charge in [0.15, 0.2) is 0 Å². The third kappa shape index (κ3) is 5.29. The van der Waals surface area contributed by atoms with Crippen LogP contribution in [0, 0.1) is 0 Å². The van der Waals surface area contributed by atoms with Crippen LogP contribution in [0.25, 0.3) is 5.69 Å². The number of amides is 1. The molecule has 0 spiro atoms. The van der Waals surface area contributed by atoms with Crippen molar-refractivity contribution >= 4 is 37.5 Å². The fourth-order valence-electron chi connectivity index (χ4n) is 2.47. The second-order valence-corrected chi connectivity index (χ2v) is 8.47. The van der Waals surface area contributed by atoms with Crippen molar-refractivity contribution < 1.29 is 13.2 Å². The molecule has 1 heterocycles. The average molecular weight is 448 g/mol. The second kappa shape index (κ2) is 8.51. The normalized spacial score (nSPS) is 11.3. The van der Waals surface area contributed by atoms with Crippen LogP contribution in [0.3, 0.4) is 0 Å². The van der Waals surface area contributed by atoms with E-state index < -0.39 is 10.0 Å². The van der Waals surface area contributed by atoms with Gasteiger partial charge in [-0.1, -0.05) is 22.0 Å². The molecule has 0 atom stereocenters. The van der Waals surface area contributed by atoms with Crippen LogP contribution < -0.4 is 10.0 Å². The third-order valence-electron chi connectivity index (χ3n) is 3.80. The van der Waals surface area contributed by atoms with Crippen molar-refractivity contribution in [3.8, 4) is 5.69 Å². The molecule has 140 valence electrons. The lowest BCUT2D eigenvalue weighted by Crippen LogP contribution is -2.27. The summed E-state index contributed by atoms with van der Waals surface area (Å²) < 4.78 is 29.6. The molecule has 0 radical (unpaired) electrons. The minimum absolute atomic E-state index is 0.0154. The minimum Gasteiger partial charge on any atom is -0.326 e. The molecule has 3 aromatic rings. The van der Waals surface area contributed by atoms with Gasteiger partial charge in [-0.15, -0.1) is 0 Å². The maximum Gasteiger partial charge on any atom is 0.240 e. The zero-order valence-corrected chi connectivity index (χ0v) is 16.7. The molecule has 2 aromatic carbocycles. The van der Waals surface area contributed by atoms with E-state index in [0.29, 0.717) is 5.69 Å². The summed E-state index contributed by atoms with van der Waals surface area (Å²) in [5, 5.41) is 2.78. The van der Waals surface area contributed by atoms with Gasteiger partial charge in [0, 0.05) is 41.2 Å². The molecule has 27 heavy (non-hydrogen) atoms. The first-order chi connectivity index (χ1) is 12.9. The molecule has 2 N–H and O–H groups in total. The number of halogens is 1. The number of rotatable bonds is 7. The summed E-state index contributed by atoms with van der Waals surface area (Å²) in [6.45, 7) is 0.0154. The first-order valence-corrected chi connectivity index (χ1v) is 10.5. The molecule has 1 amide bonds. The third-order valence-corrected chi connectivity index (χ3v) is 5.81. The number of hydrogen-bond donors (Lipinski definition) is 2. The van der Waals surface area contributed by atoms with Crippen LogP contribution in [0.15, 0.2) is 82.4 Å². The van der Waals surface area contributed by atoms with Crippen molar-refractivity contribution in [1.82, 2.24) is 9.29 Å². The SMILES string of the molecule is O=C(CCNS(=O)(=O)c1ccc(Br)cc1)Nc1cccc(-n2cccc2)c1. The Morgan fingerprint density at radius 1 is 1.00 bits per heavy atom. The predicted octanol–water partition coefficient (Wildman–Crippen LogP) is 3.55. The number of anilines is 1. The number of carbonyl (C=O) groups is 1. The first-order valence-electron chi connectivity index (χ1n) is 8.22. The van der Waals surface area contributed by atoms with E-state index in [9.17, 15) is 13.2 Å². The Morgan fingerprint density at radius 2 is 1.70 bits per heavy atom. The van der Waals surface area contributed by atoms with Gasteiger partial charge in [-0.2, -0.15) is 0 Å². The number of sulfonamides is 1. The molecule has 0 aliphatic carbocycles. The van der Waals surface area contributed by atoms with Crippen molar-refractivity contribution in [2.45, 2.75) is 11.3 Å². The fourth-order valence-corrected chi connectivity index (χ4v) is 3.77. The van der Waals surface area contributed by atoms with Crippen molar-refractivity contribution in [3.05, 3.63) is 77.5 Å². The zero-order chi connectivity index (χ0) is 19.3. The number of nitrogens with zero attached hydrogens (tertiary/aromatic N) is 1. The van der Waals surface area contributed by atoms with Gasteiger partial charge in [-0.3, -0.25) is 4.79 Å². The van der Waals surface area contributed by atoms with Gasteiger partial charge in [0.25, 0.3) is 0 Å². The smallest absolute Gasteiger partial charge is 0.240 e. The molecular weight excluding hydrogens is 430 g/mol. The van der Waals surface area contributed by atoms with Crippen LogP contribution in [0.5, 0.6) is 0 Å². The summed E-state index contributed by atoms with van der Waals surface area (Å²) in [5.74, 6) is -0.266. The summed E-state index contributed by atoms with van der Waals surface area (Å²) >= 11 is 3.26. The quantitative estimate of drug-likeness (QED) is 0.580. The Kier molecular flexibility index (Phi) is 6.10. The van der Waals surface area contributed by atoms with E-state index in [1.54, 1.807) is 18.2 Å². The van der Waals surface area contributed by atoms with Gasteiger partial charge >= 0.3 is 0 Å². The predicted molar refractivity (Wildman–Crippen MR) is 108 cm³/mol. The highest BCUT2D eigenvalue weighted by Gasteiger charge is 2.14. The Hall–Kier alpha value is -2.42. The highest BCUT2D eigenvalue weighted by molar-refractivity contribution is 9.10. The van der Waals surface area contributed by atoms with Crippen LogP contribution >= 0.6 is 15.9 Å². The molecular formula is C19H18BrN3O3S. The summed E-state index contributed by atoms with van der Waals surface area (Å²) in [5.41, 5.74) is 1.58.